The Morgan fingerprint density at radius 3 is 1.69 bits per heavy atom. The number of nitrogens with one attached hydrogen (secondary N) is 2. The van der Waals surface area contributed by atoms with Gasteiger partial charge in [-0.15, -0.1) is 0 Å². The van der Waals surface area contributed by atoms with Crippen LogP contribution in [0.15, 0.2) is 58.7 Å². The smallest absolute Gasteiger partial charge is 0.244 e. The van der Waals surface area contributed by atoms with Crippen molar-refractivity contribution in [2.75, 3.05) is 13.2 Å². The van der Waals surface area contributed by atoms with Crippen molar-refractivity contribution in [2.24, 2.45) is 10.2 Å². The van der Waals surface area contributed by atoms with Crippen LogP contribution < -0.4 is 20.3 Å². The van der Waals surface area contributed by atoms with Crippen molar-refractivity contribution in [1.82, 2.24) is 10.9 Å². The van der Waals surface area contributed by atoms with Crippen LogP contribution in [0.5, 0.6) is 11.5 Å². The second kappa shape index (κ2) is 16.0. The third-order valence-electron chi connectivity index (χ3n) is 4.91. The molecule has 0 aromatic heterocycles. The molecule has 2 aromatic carbocycles. The second-order valence-electron chi connectivity index (χ2n) is 8.13. The standard InChI is InChI=1S/C27H36N4O4/c1-4-6-16-34-24-12-8-22(9-13-24)18-26(32)30-28-20-21(3)29-31-27(33)19-23-10-14-25(15-11-23)35-17-7-5-2/h8-15,20H,4-7,16-19H2,1-3H3,(H,30,32)(H,31,33). The Morgan fingerprint density at radius 1 is 0.771 bits per heavy atom. The van der Waals surface area contributed by atoms with Gasteiger partial charge < -0.3 is 9.47 Å². The monoisotopic (exact) mass is 480 g/mol. The minimum atomic E-state index is -0.250. The summed E-state index contributed by atoms with van der Waals surface area (Å²) in [6.45, 7) is 7.28. The van der Waals surface area contributed by atoms with Crippen LogP contribution in [0, 0.1) is 0 Å². The molecule has 0 bridgehead atoms. The minimum absolute atomic E-state index is 0.196. The van der Waals surface area contributed by atoms with Crippen molar-refractivity contribution < 1.29 is 19.1 Å². The van der Waals surface area contributed by atoms with Crippen molar-refractivity contribution in [3.8, 4) is 11.5 Å². The van der Waals surface area contributed by atoms with Crippen LogP contribution in [0.4, 0.5) is 0 Å². The molecule has 0 atom stereocenters. The van der Waals surface area contributed by atoms with Gasteiger partial charge in [0, 0.05) is 0 Å². The van der Waals surface area contributed by atoms with E-state index in [0.29, 0.717) is 18.9 Å². The Bertz CT molecular complexity index is 970. The lowest BCUT2D eigenvalue weighted by Crippen LogP contribution is -2.22. The van der Waals surface area contributed by atoms with Crippen molar-refractivity contribution in [3.05, 3.63) is 59.7 Å². The maximum atomic E-state index is 12.1. The molecule has 188 valence electrons. The molecule has 0 fully saturated rings. The first-order chi connectivity index (χ1) is 17.0. The highest BCUT2D eigenvalue weighted by Gasteiger charge is 2.04. The van der Waals surface area contributed by atoms with Gasteiger partial charge in [-0.2, -0.15) is 10.2 Å². The number of hydrogen-bond acceptors (Lipinski definition) is 6. The summed E-state index contributed by atoms with van der Waals surface area (Å²) < 4.78 is 11.2. The van der Waals surface area contributed by atoms with Gasteiger partial charge in [-0.3, -0.25) is 9.59 Å². The van der Waals surface area contributed by atoms with Gasteiger partial charge in [-0.05, 0) is 55.2 Å². The van der Waals surface area contributed by atoms with Gasteiger partial charge >= 0.3 is 0 Å². The summed E-state index contributed by atoms with van der Waals surface area (Å²) in [4.78, 5) is 24.2. The highest BCUT2D eigenvalue weighted by Crippen LogP contribution is 2.14. The lowest BCUT2D eigenvalue weighted by Gasteiger charge is -2.06. The summed E-state index contributed by atoms with van der Waals surface area (Å²) in [6, 6.07) is 14.9. The minimum Gasteiger partial charge on any atom is -0.494 e. The molecule has 0 aliphatic rings. The SMILES string of the molecule is CCCCOc1ccc(CC(=O)NN=CC(C)=NNC(=O)Cc2ccc(OCCCC)cc2)cc1. The zero-order valence-electron chi connectivity index (χ0n) is 20.9. The van der Waals surface area contributed by atoms with E-state index in [0.717, 1.165) is 48.3 Å². The third kappa shape index (κ3) is 11.8. The molecular formula is C27H36N4O4. The Labute approximate surface area is 207 Å². The summed E-state index contributed by atoms with van der Waals surface area (Å²) in [5, 5.41) is 7.88. The average molecular weight is 481 g/mol. The molecule has 0 unspecified atom stereocenters. The van der Waals surface area contributed by atoms with Crippen LogP contribution in [-0.4, -0.2) is 37.0 Å². The fraction of sp³-hybridized carbons (Fsp3) is 0.407. The molecule has 0 radical (unpaired) electrons. The van der Waals surface area contributed by atoms with E-state index in [2.05, 4.69) is 34.9 Å². The lowest BCUT2D eigenvalue weighted by molar-refractivity contribution is -0.121. The molecule has 2 aromatic rings. The van der Waals surface area contributed by atoms with Crippen LogP contribution >= 0.6 is 0 Å². The molecular weight excluding hydrogens is 444 g/mol. The summed E-state index contributed by atoms with van der Waals surface area (Å²) in [5.41, 5.74) is 7.13. The molecule has 2 amide bonds. The van der Waals surface area contributed by atoms with Crippen LogP contribution in [0.25, 0.3) is 0 Å². The summed E-state index contributed by atoms with van der Waals surface area (Å²) in [6.07, 6.45) is 5.96. The van der Waals surface area contributed by atoms with Gasteiger partial charge in [0.25, 0.3) is 0 Å². The zero-order chi connectivity index (χ0) is 25.3. The van der Waals surface area contributed by atoms with Crippen LogP contribution in [0.2, 0.25) is 0 Å². The van der Waals surface area contributed by atoms with Gasteiger partial charge in [-0.25, -0.2) is 10.9 Å². The normalized spacial score (nSPS) is 11.3. The van der Waals surface area contributed by atoms with Gasteiger partial charge in [0.1, 0.15) is 11.5 Å². The highest BCUT2D eigenvalue weighted by molar-refractivity contribution is 6.29. The van der Waals surface area contributed by atoms with E-state index in [-0.39, 0.29) is 24.7 Å². The molecule has 2 N–H and O–H groups in total. The number of ether oxygens (including phenoxy) is 2. The Kier molecular flexibility index (Phi) is 12.6. The quantitative estimate of drug-likeness (QED) is 0.224. The number of carbonyl (C=O) groups excluding carboxylic acids is 2. The summed E-state index contributed by atoms with van der Waals surface area (Å²) in [7, 11) is 0. The summed E-state index contributed by atoms with van der Waals surface area (Å²) in [5.74, 6) is 1.09. The molecule has 8 nitrogen and oxygen atoms in total. The molecule has 0 aliphatic carbocycles. The van der Waals surface area contributed by atoms with Crippen LogP contribution in [-0.2, 0) is 22.4 Å². The first-order valence-electron chi connectivity index (χ1n) is 12.1. The molecule has 0 saturated carbocycles. The molecule has 0 saturated heterocycles. The number of amides is 2. The number of hydrogen-bond donors (Lipinski definition) is 2. The number of hydrazone groups is 2. The average Bonchev–Trinajstić information content (AvgIpc) is 2.85. The Hall–Kier alpha value is -3.68. The molecule has 35 heavy (non-hydrogen) atoms. The van der Waals surface area contributed by atoms with E-state index in [4.69, 9.17) is 9.47 Å². The maximum Gasteiger partial charge on any atom is 0.244 e. The molecule has 0 heterocycles. The maximum absolute atomic E-state index is 12.1. The predicted molar refractivity (Wildman–Crippen MR) is 139 cm³/mol. The van der Waals surface area contributed by atoms with Gasteiger partial charge in [0.15, 0.2) is 0 Å². The number of rotatable bonds is 15. The number of unbranched alkanes of at least 4 members (excludes halogenated alkanes) is 2. The third-order valence-corrected chi connectivity index (χ3v) is 4.91. The zero-order valence-corrected chi connectivity index (χ0v) is 20.9. The molecule has 2 rings (SSSR count). The highest BCUT2D eigenvalue weighted by atomic mass is 16.5. The fourth-order valence-corrected chi connectivity index (χ4v) is 2.90. The van der Waals surface area contributed by atoms with E-state index < -0.39 is 0 Å². The predicted octanol–water partition coefficient (Wildman–Crippen LogP) is 4.42. The molecule has 0 spiro atoms. The number of carbonyl (C=O) groups is 2. The van der Waals surface area contributed by atoms with Crippen LogP contribution in [0.1, 0.15) is 57.6 Å². The van der Waals surface area contributed by atoms with Gasteiger partial charge in [0.2, 0.25) is 11.8 Å². The van der Waals surface area contributed by atoms with Crippen molar-refractivity contribution in [3.63, 3.8) is 0 Å². The molecule has 0 aliphatic heterocycles. The van der Waals surface area contributed by atoms with Crippen molar-refractivity contribution in [2.45, 2.75) is 59.3 Å². The van der Waals surface area contributed by atoms with Crippen molar-refractivity contribution in [1.29, 1.82) is 0 Å². The van der Waals surface area contributed by atoms with Gasteiger partial charge in [0.05, 0.1) is 38.0 Å². The first-order valence-corrected chi connectivity index (χ1v) is 12.1. The van der Waals surface area contributed by atoms with E-state index in [1.807, 2.05) is 48.5 Å². The Morgan fingerprint density at radius 2 is 1.23 bits per heavy atom. The topological polar surface area (TPSA) is 101 Å². The fourth-order valence-electron chi connectivity index (χ4n) is 2.90. The Balaban J connectivity index is 1.70. The van der Waals surface area contributed by atoms with E-state index in [1.165, 1.54) is 6.21 Å². The van der Waals surface area contributed by atoms with E-state index in [9.17, 15) is 9.59 Å². The number of nitrogens with zero attached hydrogens (tertiary/aromatic N) is 2. The number of benzene rings is 2. The lowest BCUT2D eigenvalue weighted by atomic mass is 10.1. The van der Waals surface area contributed by atoms with Crippen LogP contribution in [0.3, 0.4) is 0 Å². The van der Waals surface area contributed by atoms with E-state index >= 15 is 0 Å². The van der Waals surface area contributed by atoms with Gasteiger partial charge in [-0.1, -0.05) is 51.0 Å². The first kappa shape index (κ1) is 27.6. The summed E-state index contributed by atoms with van der Waals surface area (Å²) >= 11 is 0. The largest absolute Gasteiger partial charge is 0.494 e. The van der Waals surface area contributed by atoms with E-state index in [1.54, 1.807) is 6.92 Å². The molecule has 8 heteroatoms. The van der Waals surface area contributed by atoms with Crippen molar-refractivity contribution >= 4 is 23.7 Å². The second-order valence-corrected chi connectivity index (χ2v) is 8.13.